The van der Waals surface area contributed by atoms with Crippen LogP contribution in [-0.4, -0.2) is 48.1 Å². The van der Waals surface area contributed by atoms with Crippen molar-refractivity contribution in [3.8, 4) is 0 Å². The van der Waals surface area contributed by atoms with Crippen molar-refractivity contribution in [1.29, 1.82) is 0 Å². The van der Waals surface area contributed by atoms with Gasteiger partial charge in [-0.2, -0.15) is 0 Å². The maximum atomic E-state index is 11.8. The molecule has 0 unspecified atom stereocenters. The van der Waals surface area contributed by atoms with Gasteiger partial charge in [0.2, 0.25) is 0 Å². The first-order chi connectivity index (χ1) is 19.1. The summed E-state index contributed by atoms with van der Waals surface area (Å²) >= 11 is 0. The third-order valence-corrected chi connectivity index (χ3v) is 6.12. The molecule has 224 valence electrons. The summed E-state index contributed by atoms with van der Waals surface area (Å²) in [5, 5.41) is 18.6. The Hall–Kier alpha value is -2.18. The monoisotopic (exact) mass is 548 g/mol. The minimum Gasteiger partial charge on any atom is -0.463 e. The van der Waals surface area contributed by atoms with Gasteiger partial charge in [0.25, 0.3) is 0 Å². The van der Waals surface area contributed by atoms with E-state index in [9.17, 15) is 14.7 Å². The van der Waals surface area contributed by atoms with E-state index in [0.717, 1.165) is 70.6 Å². The first-order valence-electron chi connectivity index (χ1n) is 15.3. The molecule has 0 bridgehead atoms. The number of esters is 2. The van der Waals surface area contributed by atoms with E-state index >= 15 is 0 Å². The number of carbonyl (C=O) groups excluding carboxylic acids is 2. The average Bonchev–Trinajstić information content (AvgIpc) is 2.93. The van der Waals surface area contributed by atoms with E-state index in [0.29, 0.717) is 25.9 Å². The summed E-state index contributed by atoms with van der Waals surface area (Å²) in [4.78, 5) is 23.6. The van der Waals surface area contributed by atoms with Gasteiger partial charge >= 0.3 is 11.9 Å². The fourth-order valence-corrected chi connectivity index (χ4v) is 3.76. The fourth-order valence-electron chi connectivity index (χ4n) is 3.76. The van der Waals surface area contributed by atoms with Gasteiger partial charge in [-0.1, -0.05) is 100 Å². The first-order valence-corrected chi connectivity index (χ1v) is 15.3. The van der Waals surface area contributed by atoms with Crippen LogP contribution in [0.1, 0.15) is 122 Å². The number of hydrogen-bond donors (Lipinski definition) is 2. The molecular formula is C33H56O6. The lowest BCUT2D eigenvalue weighted by atomic mass is 10.1. The van der Waals surface area contributed by atoms with E-state index in [1.807, 2.05) is 0 Å². The normalized spacial score (nSPS) is 12.8. The molecule has 0 spiro atoms. The minimum atomic E-state index is -0.988. The molecule has 0 aromatic rings. The highest BCUT2D eigenvalue weighted by molar-refractivity contribution is 5.69. The largest absolute Gasteiger partial charge is 0.463 e. The number of rotatable bonds is 27. The molecule has 0 aromatic heterocycles. The van der Waals surface area contributed by atoms with Gasteiger partial charge in [-0.15, -0.1) is 0 Å². The van der Waals surface area contributed by atoms with Gasteiger partial charge in [0.05, 0.1) is 0 Å². The van der Waals surface area contributed by atoms with Crippen LogP contribution in [0.3, 0.4) is 0 Å². The molecule has 0 saturated heterocycles. The predicted molar refractivity (Wildman–Crippen MR) is 160 cm³/mol. The van der Waals surface area contributed by atoms with Crippen LogP contribution in [0.5, 0.6) is 0 Å². The van der Waals surface area contributed by atoms with E-state index in [-0.39, 0.29) is 25.2 Å². The number of aliphatic hydroxyl groups excluding tert-OH is 2. The highest BCUT2D eigenvalue weighted by Gasteiger charge is 2.11. The van der Waals surface area contributed by atoms with Crippen molar-refractivity contribution >= 4 is 11.9 Å². The molecule has 6 heteroatoms. The van der Waals surface area contributed by atoms with Crippen LogP contribution in [-0.2, 0) is 19.1 Å². The SMILES string of the molecule is CCCCCCCCCC(=O)OC[C@H](O)COC(=O)CCC/C=C\C/C=C\C/C=C\C/C=C\CCCCCO. The Morgan fingerprint density at radius 2 is 1.03 bits per heavy atom. The highest BCUT2D eigenvalue weighted by Crippen LogP contribution is 2.09. The molecule has 1 atom stereocenters. The Bertz CT molecular complexity index is 680. The van der Waals surface area contributed by atoms with Crippen molar-refractivity contribution in [2.45, 2.75) is 129 Å². The van der Waals surface area contributed by atoms with Crippen LogP contribution in [0.25, 0.3) is 0 Å². The van der Waals surface area contributed by atoms with Gasteiger partial charge in [0.15, 0.2) is 0 Å². The summed E-state index contributed by atoms with van der Waals surface area (Å²) in [6.07, 6.45) is 33.3. The zero-order valence-electron chi connectivity index (χ0n) is 24.6. The van der Waals surface area contributed by atoms with E-state index < -0.39 is 6.10 Å². The van der Waals surface area contributed by atoms with Crippen molar-refractivity contribution < 1.29 is 29.3 Å². The van der Waals surface area contributed by atoms with Crippen LogP contribution < -0.4 is 0 Å². The molecule has 0 fully saturated rings. The lowest BCUT2D eigenvalue weighted by molar-refractivity contribution is -0.152. The molecule has 0 radical (unpaired) electrons. The maximum absolute atomic E-state index is 11.8. The molecule has 6 nitrogen and oxygen atoms in total. The molecular weight excluding hydrogens is 492 g/mol. The average molecular weight is 549 g/mol. The standard InChI is InChI=1S/C33H56O6/c1-2-3-4-5-17-20-23-26-32(36)38-29-31(35)30-39-33(37)27-24-21-18-15-13-11-9-7-6-8-10-12-14-16-19-22-25-28-34/h6,8-9,11-12,14-15,18,31,34-35H,2-5,7,10,13,16-17,19-30H2,1H3/b8-6-,11-9-,14-12-,18-15-/t31-/m0/s1. The molecule has 0 amide bonds. The zero-order chi connectivity index (χ0) is 28.7. The fraction of sp³-hybridized carbons (Fsp3) is 0.697. The second-order valence-corrected chi connectivity index (χ2v) is 9.95. The zero-order valence-corrected chi connectivity index (χ0v) is 24.6. The first kappa shape index (κ1) is 36.8. The molecule has 0 heterocycles. The second kappa shape index (κ2) is 30.4. The maximum Gasteiger partial charge on any atom is 0.305 e. The third-order valence-electron chi connectivity index (χ3n) is 6.12. The van der Waals surface area contributed by atoms with E-state index in [1.54, 1.807) is 0 Å². The Morgan fingerprint density at radius 1 is 0.590 bits per heavy atom. The van der Waals surface area contributed by atoms with Gasteiger partial charge in [-0.05, 0) is 57.8 Å². The van der Waals surface area contributed by atoms with Gasteiger partial charge in [-0.25, -0.2) is 0 Å². The molecule has 0 aliphatic rings. The van der Waals surface area contributed by atoms with Crippen LogP contribution in [0.2, 0.25) is 0 Å². The molecule has 39 heavy (non-hydrogen) atoms. The molecule has 0 aliphatic heterocycles. The van der Waals surface area contributed by atoms with Gasteiger partial charge in [0.1, 0.15) is 19.3 Å². The van der Waals surface area contributed by atoms with Gasteiger partial charge < -0.3 is 19.7 Å². The molecule has 0 aromatic carbocycles. The third kappa shape index (κ3) is 30.2. The van der Waals surface area contributed by atoms with Crippen molar-refractivity contribution in [3.63, 3.8) is 0 Å². The second-order valence-electron chi connectivity index (χ2n) is 9.95. The lowest BCUT2D eigenvalue weighted by Gasteiger charge is -2.12. The number of allylic oxidation sites excluding steroid dienone is 8. The van der Waals surface area contributed by atoms with Crippen LogP contribution in [0.15, 0.2) is 48.6 Å². The lowest BCUT2D eigenvalue weighted by Crippen LogP contribution is -2.25. The summed E-state index contributed by atoms with van der Waals surface area (Å²) in [7, 11) is 0. The number of carbonyl (C=O) groups is 2. The quantitative estimate of drug-likeness (QED) is 0.0621. The molecule has 0 rings (SSSR count). The van der Waals surface area contributed by atoms with Crippen LogP contribution in [0.4, 0.5) is 0 Å². The number of hydrogen-bond acceptors (Lipinski definition) is 6. The number of aliphatic hydroxyl groups is 2. The topological polar surface area (TPSA) is 93.1 Å². The summed E-state index contributed by atoms with van der Waals surface area (Å²) in [6, 6.07) is 0. The Kier molecular flexibility index (Phi) is 28.7. The van der Waals surface area contributed by atoms with E-state index in [1.165, 1.54) is 25.7 Å². The molecule has 0 aliphatic carbocycles. The van der Waals surface area contributed by atoms with Gasteiger partial charge in [-0.3, -0.25) is 9.59 Å². The Labute approximate surface area is 238 Å². The van der Waals surface area contributed by atoms with E-state index in [2.05, 4.69) is 55.5 Å². The minimum absolute atomic E-state index is 0.140. The number of ether oxygens (including phenoxy) is 2. The number of unbranched alkanes of at least 4 members (excludes halogenated alkanes) is 10. The summed E-state index contributed by atoms with van der Waals surface area (Å²) in [6.45, 7) is 2.19. The van der Waals surface area contributed by atoms with E-state index in [4.69, 9.17) is 14.6 Å². The molecule has 0 saturated carbocycles. The van der Waals surface area contributed by atoms with Crippen molar-refractivity contribution in [2.24, 2.45) is 0 Å². The van der Waals surface area contributed by atoms with Crippen molar-refractivity contribution in [1.82, 2.24) is 0 Å². The van der Waals surface area contributed by atoms with Crippen molar-refractivity contribution in [2.75, 3.05) is 19.8 Å². The predicted octanol–water partition coefficient (Wildman–Crippen LogP) is 7.69. The summed E-state index contributed by atoms with van der Waals surface area (Å²) < 4.78 is 10.2. The van der Waals surface area contributed by atoms with Crippen molar-refractivity contribution in [3.05, 3.63) is 48.6 Å². The van der Waals surface area contributed by atoms with Crippen LogP contribution in [0, 0.1) is 0 Å². The highest BCUT2D eigenvalue weighted by atomic mass is 16.6. The summed E-state index contributed by atoms with van der Waals surface area (Å²) in [5.74, 6) is -0.655. The molecule has 2 N–H and O–H groups in total. The Balaban J connectivity index is 3.60. The van der Waals surface area contributed by atoms with Gasteiger partial charge in [0, 0.05) is 19.4 Å². The van der Waals surface area contributed by atoms with Crippen LogP contribution >= 0.6 is 0 Å². The smallest absolute Gasteiger partial charge is 0.305 e. The Morgan fingerprint density at radius 3 is 1.56 bits per heavy atom. The summed E-state index contributed by atoms with van der Waals surface area (Å²) in [5.41, 5.74) is 0.